The fraction of sp³-hybridized carbons (Fsp3) is 0.278. The molecule has 2 aromatic rings. The van der Waals surface area contributed by atoms with Gasteiger partial charge in [-0.25, -0.2) is 4.39 Å². The van der Waals surface area contributed by atoms with E-state index in [0.717, 1.165) is 0 Å². The maximum atomic E-state index is 13.9. The molecule has 0 bridgehead atoms. The van der Waals surface area contributed by atoms with Crippen molar-refractivity contribution in [3.8, 4) is 5.75 Å². The molecule has 0 spiro atoms. The van der Waals surface area contributed by atoms with Crippen molar-refractivity contribution in [2.45, 2.75) is 19.3 Å². The van der Waals surface area contributed by atoms with Gasteiger partial charge in [-0.1, -0.05) is 32.0 Å². The number of anilines is 1. The van der Waals surface area contributed by atoms with Crippen molar-refractivity contribution in [1.82, 2.24) is 5.32 Å². The molecule has 23 heavy (non-hydrogen) atoms. The number of ether oxygens (including phenoxy) is 1. The molecule has 2 aromatic carbocycles. The van der Waals surface area contributed by atoms with Gasteiger partial charge in [-0.15, -0.1) is 0 Å². The highest BCUT2D eigenvalue weighted by Gasteiger charge is 2.25. The number of hydrogen-bond acceptors (Lipinski definition) is 3. The molecule has 1 amide bonds. The smallest absolute Gasteiger partial charge is 0.253 e. The first-order chi connectivity index (χ1) is 10.8. The molecule has 0 unspecified atom stereocenters. The molecule has 0 saturated carbocycles. The molecule has 5 heteroatoms. The topological polar surface area (TPSA) is 64.3 Å². The van der Waals surface area contributed by atoms with Gasteiger partial charge >= 0.3 is 0 Å². The SMILES string of the molecule is COc1ccc(C(=O)NCC(C)(C)c2ccccc2F)c(N)c1. The molecule has 0 aliphatic carbocycles. The number of amides is 1. The molecule has 122 valence electrons. The van der Waals surface area contributed by atoms with Crippen molar-refractivity contribution >= 4 is 11.6 Å². The van der Waals surface area contributed by atoms with Crippen molar-refractivity contribution in [3.05, 3.63) is 59.4 Å². The number of nitrogens with one attached hydrogen (secondary N) is 1. The second-order valence-corrected chi connectivity index (χ2v) is 6.00. The van der Waals surface area contributed by atoms with E-state index in [4.69, 9.17) is 10.5 Å². The first-order valence-electron chi connectivity index (χ1n) is 7.32. The fourth-order valence-electron chi connectivity index (χ4n) is 2.38. The maximum absolute atomic E-state index is 13.9. The summed E-state index contributed by atoms with van der Waals surface area (Å²) in [5.41, 5.74) is 6.60. The van der Waals surface area contributed by atoms with Gasteiger partial charge in [0.05, 0.1) is 12.7 Å². The van der Waals surface area contributed by atoms with Gasteiger partial charge in [-0.2, -0.15) is 0 Å². The largest absolute Gasteiger partial charge is 0.497 e. The summed E-state index contributed by atoms with van der Waals surface area (Å²) >= 11 is 0. The number of carbonyl (C=O) groups is 1. The molecule has 3 N–H and O–H groups in total. The van der Waals surface area contributed by atoms with Crippen molar-refractivity contribution in [3.63, 3.8) is 0 Å². The summed E-state index contributed by atoms with van der Waals surface area (Å²) in [5, 5.41) is 2.82. The van der Waals surface area contributed by atoms with Crippen molar-refractivity contribution < 1.29 is 13.9 Å². The van der Waals surface area contributed by atoms with E-state index in [0.29, 0.717) is 22.6 Å². The standard InChI is InChI=1S/C18H21FN2O2/c1-18(2,14-6-4-5-7-15(14)19)11-21-17(22)13-9-8-12(23-3)10-16(13)20/h4-10H,11,20H2,1-3H3,(H,21,22). The Labute approximate surface area is 135 Å². The number of rotatable bonds is 5. The molecular weight excluding hydrogens is 295 g/mol. The van der Waals surface area contributed by atoms with Crippen LogP contribution in [0.5, 0.6) is 5.75 Å². The predicted octanol–water partition coefficient (Wildman–Crippen LogP) is 3.12. The summed E-state index contributed by atoms with van der Waals surface area (Å²) in [4.78, 5) is 12.3. The van der Waals surface area contributed by atoms with Crippen LogP contribution in [0.2, 0.25) is 0 Å². The molecular formula is C18H21FN2O2. The van der Waals surface area contributed by atoms with Gasteiger partial charge in [0.25, 0.3) is 5.91 Å². The second kappa shape index (κ2) is 6.69. The second-order valence-electron chi connectivity index (χ2n) is 6.00. The lowest BCUT2D eigenvalue weighted by atomic mass is 9.84. The van der Waals surface area contributed by atoms with Gasteiger partial charge in [0.2, 0.25) is 0 Å². The van der Waals surface area contributed by atoms with Crippen LogP contribution in [0.25, 0.3) is 0 Å². The third-order valence-corrected chi connectivity index (χ3v) is 3.80. The van der Waals surface area contributed by atoms with Crippen LogP contribution >= 0.6 is 0 Å². The highest BCUT2D eigenvalue weighted by molar-refractivity contribution is 5.99. The first kappa shape index (κ1) is 16.8. The Bertz CT molecular complexity index is 714. The highest BCUT2D eigenvalue weighted by Crippen LogP contribution is 2.25. The average Bonchev–Trinajstić information content (AvgIpc) is 2.52. The van der Waals surface area contributed by atoms with Crippen LogP contribution in [0.15, 0.2) is 42.5 Å². The third kappa shape index (κ3) is 3.80. The van der Waals surface area contributed by atoms with E-state index in [2.05, 4.69) is 5.32 Å². The van der Waals surface area contributed by atoms with E-state index in [1.165, 1.54) is 13.2 Å². The van der Waals surface area contributed by atoms with E-state index in [1.54, 1.807) is 36.4 Å². The van der Waals surface area contributed by atoms with Gasteiger partial charge in [-0.05, 0) is 23.8 Å². The highest BCUT2D eigenvalue weighted by atomic mass is 19.1. The van der Waals surface area contributed by atoms with Crippen LogP contribution in [-0.4, -0.2) is 19.6 Å². The van der Waals surface area contributed by atoms with Crippen LogP contribution in [0.1, 0.15) is 29.8 Å². The maximum Gasteiger partial charge on any atom is 0.253 e. The summed E-state index contributed by atoms with van der Waals surface area (Å²) in [6, 6.07) is 11.4. The van der Waals surface area contributed by atoms with E-state index in [1.807, 2.05) is 13.8 Å². The molecule has 0 aromatic heterocycles. The van der Waals surface area contributed by atoms with Crippen molar-refractivity contribution in [1.29, 1.82) is 0 Å². The molecule has 0 heterocycles. The number of halogens is 1. The number of nitrogen functional groups attached to an aromatic ring is 1. The zero-order valence-electron chi connectivity index (χ0n) is 13.5. The normalized spacial score (nSPS) is 11.1. The summed E-state index contributed by atoms with van der Waals surface area (Å²) in [6.45, 7) is 4.05. The average molecular weight is 316 g/mol. The lowest BCUT2D eigenvalue weighted by Gasteiger charge is -2.26. The van der Waals surface area contributed by atoms with Crippen LogP contribution in [0, 0.1) is 5.82 Å². The monoisotopic (exact) mass is 316 g/mol. The minimum Gasteiger partial charge on any atom is -0.497 e. The lowest BCUT2D eigenvalue weighted by Crippen LogP contribution is -2.37. The number of benzene rings is 2. The minimum atomic E-state index is -0.539. The van der Waals surface area contributed by atoms with E-state index in [9.17, 15) is 9.18 Å². The summed E-state index contributed by atoms with van der Waals surface area (Å²) in [6.07, 6.45) is 0. The third-order valence-electron chi connectivity index (χ3n) is 3.80. The number of methoxy groups -OCH3 is 1. The van der Waals surface area contributed by atoms with Crippen LogP contribution in [0.4, 0.5) is 10.1 Å². The molecule has 0 saturated heterocycles. The molecule has 4 nitrogen and oxygen atoms in total. The Kier molecular flexibility index (Phi) is 4.89. The zero-order valence-corrected chi connectivity index (χ0v) is 13.5. The number of carbonyl (C=O) groups excluding carboxylic acids is 1. The molecule has 0 radical (unpaired) electrons. The Balaban J connectivity index is 2.11. The van der Waals surface area contributed by atoms with Crippen LogP contribution in [0.3, 0.4) is 0 Å². The quantitative estimate of drug-likeness (QED) is 0.833. The van der Waals surface area contributed by atoms with E-state index >= 15 is 0 Å². The Morgan fingerprint density at radius 2 is 1.96 bits per heavy atom. The van der Waals surface area contributed by atoms with Gasteiger partial charge in [-0.3, -0.25) is 4.79 Å². The minimum absolute atomic E-state index is 0.282. The Morgan fingerprint density at radius 3 is 2.57 bits per heavy atom. The van der Waals surface area contributed by atoms with Gasteiger partial charge in [0.1, 0.15) is 11.6 Å². The van der Waals surface area contributed by atoms with E-state index < -0.39 is 5.41 Å². The zero-order chi connectivity index (χ0) is 17.0. The molecule has 0 atom stereocenters. The summed E-state index contributed by atoms with van der Waals surface area (Å²) in [5.74, 6) is 0.0102. The van der Waals surface area contributed by atoms with Gasteiger partial charge < -0.3 is 15.8 Å². The Morgan fingerprint density at radius 1 is 1.26 bits per heavy atom. The summed E-state index contributed by atoms with van der Waals surface area (Å²) < 4.78 is 19.0. The van der Waals surface area contributed by atoms with Crippen molar-refractivity contribution in [2.24, 2.45) is 0 Å². The fourth-order valence-corrected chi connectivity index (χ4v) is 2.38. The molecule has 2 rings (SSSR count). The first-order valence-corrected chi connectivity index (χ1v) is 7.32. The molecule has 0 fully saturated rings. The molecule has 0 aliphatic rings. The van der Waals surface area contributed by atoms with Gasteiger partial charge in [0, 0.05) is 23.7 Å². The van der Waals surface area contributed by atoms with Crippen molar-refractivity contribution in [2.75, 3.05) is 19.4 Å². The lowest BCUT2D eigenvalue weighted by molar-refractivity contribution is 0.0946. The number of hydrogen-bond donors (Lipinski definition) is 2. The Hall–Kier alpha value is -2.56. The van der Waals surface area contributed by atoms with Gasteiger partial charge in [0.15, 0.2) is 0 Å². The summed E-state index contributed by atoms with van der Waals surface area (Å²) in [7, 11) is 1.53. The number of nitrogens with two attached hydrogens (primary N) is 1. The van der Waals surface area contributed by atoms with Crippen LogP contribution < -0.4 is 15.8 Å². The predicted molar refractivity (Wildman–Crippen MR) is 89.2 cm³/mol. The molecule has 0 aliphatic heterocycles. The van der Waals surface area contributed by atoms with E-state index in [-0.39, 0.29) is 18.3 Å². The van der Waals surface area contributed by atoms with Crippen LogP contribution in [-0.2, 0) is 5.41 Å².